The predicted molar refractivity (Wildman–Crippen MR) is 68.4 cm³/mol. The number of ether oxygens (including phenoxy) is 2. The monoisotopic (exact) mass is 256 g/mol. The average Bonchev–Trinajstić information content (AvgIpc) is 2.41. The SMILES string of the molecule is O=C(CN1CCOCC1)NCC[C@@H]1CCCOC1. The second-order valence-electron chi connectivity index (χ2n) is 5.11. The van der Waals surface area contributed by atoms with E-state index < -0.39 is 0 Å². The van der Waals surface area contributed by atoms with Gasteiger partial charge in [0.1, 0.15) is 0 Å². The fourth-order valence-corrected chi connectivity index (χ4v) is 2.47. The third-order valence-corrected chi connectivity index (χ3v) is 3.60. The highest BCUT2D eigenvalue weighted by molar-refractivity contribution is 5.77. The summed E-state index contributed by atoms with van der Waals surface area (Å²) in [6.07, 6.45) is 3.43. The molecule has 0 saturated carbocycles. The van der Waals surface area contributed by atoms with E-state index in [0.717, 1.165) is 58.9 Å². The number of carbonyl (C=O) groups is 1. The van der Waals surface area contributed by atoms with E-state index in [1.807, 2.05) is 0 Å². The highest BCUT2D eigenvalue weighted by Crippen LogP contribution is 2.16. The number of amides is 1. The van der Waals surface area contributed by atoms with Crippen LogP contribution in [0.4, 0.5) is 0 Å². The van der Waals surface area contributed by atoms with Crippen LogP contribution in [0.15, 0.2) is 0 Å². The van der Waals surface area contributed by atoms with Crippen molar-refractivity contribution < 1.29 is 14.3 Å². The van der Waals surface area contributed by atoms with Crippen molar-refractivity contribution >= 4 is 5.91 Å². The molecule has 5 nitrogen and oxygen atoms in total. The Labute approximate surface area is 109 Å². The van der Waals surface area contributed by atoms with Gasteiger partial charge in [-0.25, -0.2) is 0 Å². The molecular formula is C13H24N2O3. The van der Waals surface area contributed by atoms with Crippen LogP contribution in [0, 0.1) is 5.92 Å². The van der Waals surface area contributed by atoms with Gasteiger partial charge in [0.15, 0.2) is 0 Å². The molecule has 104 valence electrons. The van der Waals surface area contributed by atoms with Crippen LogP contribution >= 0.6 is 0 Å². The Morgan fingerprint density at radius 3 is 2.78 bits per heavy atom. The summed E-state index contributed by atoms with van der Waals surface area (Å²) in [6.45, 7) is 6.26. The van der Waals surface area contributed by atoms with Crippen LogP contribution in [-0.2, 0) is 14.3 Å². The summed E-state index contributed by atoms with van der Waals surface area (Å²) in [5.74, 6) is 0.760. The molecule has 5 heteroatoms. The maximum Gasteiger partial charge on any atom is 0.234 e. The minimum atomic E-state index is 0.133. The Kier molecular flexibility index (Phi) is 5.90. The maximum atomic E-state index is 11.7. The molecule has 0 aromatic carbocycles. The molecule has 2 fully saturated rings. The van der Waals surface area contributed by atoms with Crippen LogP contribution in [0.1, 0.15) is 19.3 Å². The molecule has 0 aromatic heterocycles. The van der Waals surface area contributed by atoms with Gasteiger partial charge in [0.2, 0.25) is 5.91 Å². The fraction of sp³-hybridized carbons (Fsp3) is 0.923. The number of rotatable bonds is 5. The molecule has 1 atom stereocenters. The van der Waals surface area contributed by atoms with Gasteiger partial charge in [-0.05, 0) is 25.2 Å². The largest absolute Gasteiger partial charge is 0.381 e. The summed E-state index contributed by atoms with van der Waals surface area (Å²) in [7, 11) is 0. The van der Waals surface area contributed by atoms with Crippen LogP contribution < -0.4 is 5.32 Å². The van der Waals surface area contributed by atoms with E-state index >= 15 is 0 Å². The van der Waals surface area contributed by atoms with E-state index in [-0.39, 0.29) is 5.91 Å². The van der Waals surface area contributed by atoms with Gasteiger partial charge in [-0.15, -0.1) is 0 Å². The lowest BCUT2D eigenvalue weighted by Gasteiger charge is -2.26. The van der Waals surface area contributed by atoms with Gasteiger partial charge >= 0.3 is 0 Å². The lowest BCUT2D eigenvalue weighted by atomic mass is 9.99. The maximum absolute atomic E-state index is 11.7. The topological polar surface area (TPSA) is 50.8 Å². The van der Waals surface area contributed by atoms with Crippen molar-refractivity contribution in [3.8, 4) is 0 Å². The summed E-state index contributed by atoms with van der Waals surface area (Å²) in [5, 5.41) is 3.00. The third-order valence-electron chi connectivity index (χ3n) is 3.60. The van der Waals surface area contributed by atoms with Crippen molar-refractivity contribution in [2.45, 2.75) is 19.3 Å². The van der Waals surface area contributed by atoms with Crippen LogP contribution in [0.2, 0.25) is 0 Å². The highest BCUT2D eigenvalue weighted by Gasteiger charge is 2.16. The van der Waals surface area contributed by atoms with Gasteiger partial charge in [-0.3, -0.25) is 9.69 Å². The molecule has 0 spiro atoms. The summed E-state index contributed by atoms with van der Waals surface area (Å²) in [5.41, 5.74) is 0. The van der Waals surface area contributed by atoms with Crippen molar-refractivity contribution in [3.63, 3.8) is 0 Å². The van der Waals surface area contributed by atoms with E-state index in [0.29, 0.717) is 12.5 Å². The number of nitrogens with zero attached hydrogens (tertiary/aromatic N) is 1. The van der Waals surface area contributed by atoms with Gasteiger partial charge in [-0.2, -0.15) is 0 Å². The number of hydrogen-bond donors (Lipinski definition) is 1. The molecule has 2 aliphatic rings. The van der Waals surface area contributed by atoms with Crippen LogP contribution in [-0.4, -0.2) is 63.4 Å². The second kappa shape index (κ2) is 7.71. The van der Waals surface area contributed by atoms with Crippen molar-refractivity contribution in [2.24, 2.45) is 5.92 Å². The van der Waals surface area contributed by atoms with Gasteiger partial charge in [0.05, 0.1) is 19.8 Å². The Balaban J connectivity index is 1.53. The van der Waals surface area contributed by atoms with Crippen molar-refractivity contribution in [2.75, 3.05) is 52.6 Å². The summed E-state index contributed by atoms with van der Waals surface area (Å²) >= 11 is 0. The number of carbonyl (C=O) groups excluding carboxylic acids is 1. The molecular weight excluding hydrogens is 232 g/mol. The van der Waals surface area contributed by atoms with Crippen LogP contribution in [0.3, 0.4) is 0 Å². The zero-order valence-corrected chi connectivity index (χ0v) is 11.0. The van der Waals surface area contributed by atoms with Crippen LogP contribution in [0.25, 0.3) is 0 Å². The van der Waals surface area contributed by atoms with Gasteiger partial charge in [0.25, 0.3) is 0 Å². The van der Waals surface area contributed by atoms with Gasteiger partial charge in [-0.1, -0.05) is 0 Å². The number of nitrogens with one attached hydrogen (secondary N) is 1. The molecule has 1 N–H and O–H groups in total. The predicted octanol–water partition coefficient (Wildman–Crippen LogP) is 0.252. The minimum absolute atomic E-state index is 0.133. The van der Waals surface area contributed by atoms with Gasteiger partial charge < -0.3 is 14.8 Å². The highest BCUT2D eigenvalue weighted by atomic mass is 16.5. The Morgan fingerprint density at radius 2 is 2.06 bits per heavy atom. The van der Waals surface area contributed by atoms with Gasteiger partial charge in [0, 0.05) is 32.8 Å². The average molecular weight is 256 g/mol. The van der Waals surface area contributed by atoms with E-state index in [4.69, 9.17) is 9.47 Å². The number of hydrogen-bond acceptors (Lipinski definition) is 4. The van der Waals surface area contributed by atoms with Crippen LogP contribution in [0.5, 0.6) is 0 Å². The smallest absolute Gasteiger partial charge is 0.234 e. The molecule has 2 saturated heterocycles. The van der Waals surface area contributed by atoms with Crippen molar-refractivity contribution in [3.05, 3.63) is 0 Å². The molecule has 0 aromatic rings. The Bertz CT molecular complexity index is 249. The first-order valence-electron chi connectivity index (χ1n) is 6.99. The van der Waals surface area contributed by atoms with Crippen molar-refractivity contribution in [1.29, 1.82) is 0 Å². The quantitative estimate of drug-likeness (QED) is 0.766. The standard InChI is InChI=1S/C13H24N2O3/c16-13(10-15-5-8-17-9-6-15)14-4-3-12-2-1-7-18-11-12/h12H,1-11H2,(H,14,16)/t12-/m0/s1. The minimum Gasteiger partial charge on any atom is -0.381 e. The summed E-state index contributed by atoms with van der Waals surface area (Å²) < 4.78 is 10.7. The molecule has 0 radical (unpaired) electrons. The molecule has 2 aliphatic heterocycles. The van der Waals surface area contributed by atoms with E-state index in [1.54, 1.807) is 0 Å². The van der Waals surface area contributed by atoms with E-state index in [9.17, 15) is 4.79 Å². The molecule has 18 heavy (non-hydrogen) atoms. The first-order chi connectivity index (χ1) is 8.84. The molecule has 1 amide bonds. The first-order valence-corrected chi connectivity index (χ1v) is 6.99. The second-order valence-corrected chi connectivity index (χ2v) is 5.11. The lowest BCUT2D eigenvalue weighted by Crippen LogP contribution is -2.43. The van der Waals surface area contributed by atoms with E-state index in [2.05, 4.69) is 10.2 Å². The molecule has 2 heterocycles. The summed E-state index contributed by atoms with van der Waals surface area (Å²) in [4.78, 5) is 13.9. The Hall–Kier alpha value is -0.650. The van der Waals surface area contributed by atoms with E-state index in [1.165, 1.54) is 6.42 Å². The molecule has 0 bridgehead atoms. The third kappa shape index (κ3) is 4.92. The first kappa shape index (κ1) is 13.8. The van der Waals surface area contributed by atoms with Crippen molar-refractivity contribution in [1.82, 2.24) is 10.2 Å². The molecule has 0 unspecified atom stereocenters. The zero-order chi connectivity index (χ0) is 12.6. The molecule has 0 aliphatic carbocycles. The summed E-state index contributed by atoms with van der Waals surface area (Å²) in [6, 6.07) is 0. The normalized spacial score (nSPS) is 25.9. The lowest BCUT2D eigenvalue weighted by molar-refractivity contribution is -0.123. The fourth-order valence-electron chi connectivity index (χ4n) is 2.47. The number of morpholine rings is 1. The Morgan fingerprint density at radius 1 is 1.22 bits per heavy atom. The molecule has 2 rings (SSSR count). The zero-order valence-electron chi connectivity index (χ0n) is 11.0.